The standard InChI is InChI=1S/C51H77N7O11/c1-13-32(4)45(55(8)48(64)44(31(2)3)54-50(66)51(6,7)56(9)40(59)23-15-14-18-26-58-41(60)24-25-42(58)61)39(67-10)29-43(62)57-27-19-22-38(57)46(68-11)33(5)47(63)53-37(49(65)69-12)28-34-30-52-36-21-17-16-20-35(34)36/h16-17,20-21,24-25,30-33,37-39,44-46,52H,13-15,18-19,22-23,26-29H2,1-12H3,(H,53,63)(H,54,66)/t32?,33?,37?,38-,39?,44?,45?,46?/m0/s1. The van der Waals surface area contributed by atoms with Crippen molar-refractivity contribution < 1.29 is 52.6 Å². The molecule has 2 aromatic rings. The molecule has 2 aliphatic rings. The van der Waals surface area contributed by atoms with E-state index in [-0.39, 0.29) is 67.2 Å². The molecule has 0 radical (unpaired) electrons. The van der Waals surface area contributed by atoms with E-state index in [4.69, 9.17) is 14.2 Å². The number of aromatic nitrogens is 1. The van der Waals surface area contributed by atoms with Crippen LogP contribution in [0.15, 0.2) is 42.6 Å². The third-order valence-corrected chi connectivity index (χ3v) is 14.3. The Hall–Kier alpha value is -5.62. The van der Waals surface area contributed by atoms with Gasteiger partial charge in [-0.3, -0.25) is 38.5 Å². The topological polar surface area (TPSA) is 217 Å². The van der Waals surface area contributed by atoms with E-state index in [0.717, 1.165) is 16.5 Å². The van der Waals surface area contributed by atoms with Gasteiger partial charge in [0.1, 0.15) is 17.6 Å². The molecule has 2 aliphatic heterocycles. The number of para-hydroxylation sites is 1. The quantitative estimate of drug-likeness (QED) is 0.0692. The SMILES string of the molecule is CCC(C)C(C(CC(=O)N1CCC[C@H]1C(OC)C(C)C(=O)NC(Cc1c[nH]c2ccccc12)C(=O)OC)OC)N(C)C(=O)C(NC(=O)C(C)(C)N(C)C(=O)CCCCCN1C(=O)C=CC1=O)C(C)C. The maximum Gasteiger partial charge on any atom is 0.328 e. The van der Waals surface area contributed by atoms with Crippen LogP contribution in [0.1, 0.15) is 105 Å². The number of carbonyl (C=O) groups is 8. The third-order valence-electron chi connectivity index (χ3n) is 14.3. The minimum absolute atomic E-state index is 0.0734. The summed E-state index contributed by atoms with van der Waals surface area (Å²) in [4.78, 5) is 116. The molecule has 382 valence electrons. The lowest BCUT2D eigenvalue weighted by atomic mass is 9.89. The molecule has 1 fully saturated rings. The van der Waals surface area contributed by atoms with E-state index in [1.807, 2.05) is 58.2 Å². The van der Waals surface area contributed by atoms with Gasteiger partial charge in [0.25, 0.3) is 11.8 Å². The van der Waals surface area contributed by atoms with Crippen molar-refractivity contribution in [1.29, 1.82) is 0 Å². The van der Waals surface area contributed by atoms with Gasteiger partial charge in [0.05, 0.1) is 43.7 Å². The highest BCUT2D eigenvalue weighted by Crippen LogP contribution is 2.30. The molecule has 1 aromatic carbocycles. The highest BCUT2D eigenvalue weighted by atomic mass is 16.5. The predicted molar refractivity (Wildman–Crippen MR) is 260 cm³/mol. The third kappa shape index (κ3) is 13.6. The van der Waals surface area contributed by atoms with Gasteiger partial charge in [0.15, 0.2) is 0 Å². The number of amides is 7. The van der Waals surface area contributed by atoms with E-state index in [0.29, 0.717) is 45.1 Å². The number of nitrogens with one attached hydrogen (secondary N) is 3. The van der Waals surface area contributed by atoms with Crippen LogP contribution in [0.4, 0.5) is 0 Å². The van der Waals surface area contributed by atoms with Crippen molar-refractivity contribution in [2.45, 2.75) is 148 Å². The van der Waals surface area contributed by atoms with Crippen molar-refractivity contribution in [3.05, 3.63) is 48.2 Å². The van der Waals surface area contributed by atoms with E-state index < -0.39 is 65.6 Å². The van der Waals surface area contributed by atoms with Crippen LogP contribution in [0, 0.1) is 17.8 Å². The second kappa shape index (κ2) is 25.3. The number of unbranched alkanes of at least 4 members (excludes halogenated alkanes) is 2. The summed E-state index contributed by atoms with van der Waals surface area (Å²) in [7, 11) is 7.50. The Balaban J connectivity index is 1.41. The summed E-state index contributed by atoms with van der Waals surface area (Å²) in [6, 6.07) is 4.70. The van der Waals surface area contributed by atoms with Crippen LogP contribution < -0.4 is 10.6 Å². The molecule has 4 rings (SSSR count). The van der Waals surface area contributed by atoms with Crippen molar-refractivity contribution in [1.82, 2.24) is 35.2 Å². The lowest BCUT2D eigenvalue weighted by molar-refractivity contribution is -0.150. The molecule has 0 aliphatic carbocycles. The zero-order chi connectivity index (χ0) is 51.3. The van der Waals surface area contributed by atoms with Crippen LogP contribution >= 0.6 is 0 Å². The Bertz CT molecular complexity index is 2150. The maximum absolute atomic E-state index is 14.6. The average molecular weight is 964 g/mol. The van der Waals surface area contributed by atoms with Crippen molar-refractivity contribution >= 4 is 58.2 Å². The molecule has 0 bridgehead atoms. The van der Waals surface area contributed by atoms with Gasteiger partial charge in [-0.15, -0.1) is 0 Å². The first-order valence-corrected chi connectivity index (χ1v) is 24.3. The number of hydrogen-bond acceptors (Lipinski definition) is 11. The zero-order valence-electron chi connectivity index (χ0n) is 42.8. The average Bonchev–Trinajstić information content (AvgIpc) is 4.07. The first kappa shape index (κ1) is 56.0. The number of fused-ring (bicyclic) bond motifs is 1. The summed E-state index contributed by atoms with van der Waals surface area (Å²) < 4.78 is 17.1. The number of aromatic amines is 1. The number of likely N-dealkylation sites (N-methyl/N-ethyl adjacent to an activating group) is 2. The van der Waals surface area contributed by atoms with Crippen LogP contribution in [0.25, 0.3) is 10.9 Å². The fourth-order valence-corrected chi connectivity index (χ4v) is 9.52. The summed E-state index contributed by atoms with van der Waals surface area (Å²) in [5, 5.41) is 6.76. The van der Waals surface area contributed by atoms with Crippen molar-refractivity contribution in [3.8, 4) is 0 Å². The van der Waals surface area contributed by atoms with Gasteiger partial charge in [-0.25, -0.2) is 4.79 Å². The fourth-order valence-electron chi connectivity index (χ4n) is 9.52. The second-order valence-electron chi connectivity index (χ2n) is 19.4. The zero-order valence-corrected chi connectivity index (χ0v) is 42.8. The normalized spacial score (nSPS) is 18.1. The molecule has 0 saturated carbocycles. The number of imide groups is 1. The van der Waals surface area contributed by atoms with Crippen LogP contribution in [0.5, 0.6) is 0 Å². The molecule has 69 heavy (non-hydrogen) atoms. The number of carbonyl (C=O) groups excluding carboxylic acids is 8. The smallest absolute Gasteiger partial charge is 0.328 e. The molecule has 1 saturated heterocycles. The number of esters is 1. The second-order valence-corrected chi connectivity index (χ2v) is 19.4. The molecule has 7 unspecified atom stereocenters. The van der Waals surface area contributed by atoms with Crippen molar-refractivity contribution in [2.24, 2.45) is 17.8 Å². The highest BCUT2D eigenvalue weighted by Gasteiger charge is 2.44. The molecular weight excluding hydrogens is 887 g/mol. The summed E-state index contributed by atoms with van der Waals surface area (Å²) in [6.07, 6.45) is 6.67. The highest BCUT2D eigenvalue weighted by molar-refractivity contribution is 6.12. The summed E-state index contributed by atoms with van der Waals surface area (Å²) in [5.74, 6) is -4.32. The molecular formula is C51H77N7O11. The molecule has 1 aromatic heterocycles. The van der Waals surface area contributed by atoms with Crippen LogP contribution in [-0.2, 0) is 59.0 Å². The van der Waals surface area contributed by atoms with Gasteiger partial charge in [0.2, 0.25) is 29.5 Å². The number of nitrogens with zero attached hydrogens (tertiary/aromatic N) is 4. The van der Waals surface area contributed by atoms with Gasteiger partial charge in [0, 0.05) is 83.5 Å². The van der Waals surface area contributed by atoms with Crippen molar-refractivity contribution in [3.63, 3.8) is 0 Å². The number of H-pyrrole nitrogens is 1. The number of benzene rings is 1. The largest absolute Gasteiger partial charge is 0.467 e. The maximum atomic E-state index is 14.6. The number of rotatable bonds is 26. The Morgan fingerprint density at radius 2 is 1.58 bits per heavy atom. The first-order chi connectivity index (χ1) is 32.6. The summed E-state index contributed by atoms with van der Waals surface area (Å²) in [6.45, 7) is 13.3. The van der Waals surface area contributed by atoms with E-state index in [2.05, 4.69) is 15.6 Å². The minimum Gasteiger partial charge on any atom is -0.467 e. The minimum atomic E-state index is -1.33. The van der Waals surface area contributed by atoms with Gasteiger partial charge in [-0.05, 0) is 63.0 Å². The monoisotopic (exact) mass is 964 g/mol. The number of likely N-dealkylation sites (tertiary alicyclic amines) is 1. The molecule has 18 nitrogen and oxygen atoms in total. The van der Waals surface area contributed by atoms with Crippen molar-refractivity contribution in [2.75, 3.05) is 48.5 Å². The Labute approximate surface area is 407 Å². The Morgan fingerprint density at radius 3 is 2.19 bits per heavy atom. The van der Waals surface area contributed by atoms with Crippen LogP contribution in [-0.4, -0.2) is 162 Å². The van der Waals surface area contributed by atoms with E-state index in [1.165, 1.54) is 43.3 Å². The summed E-state index contributed by atoms with van der Waals surface area (Å²) >= 11 is 0. The fraction of sp³-hybridized carbons (Fsp3) is 0.647. The van der Waals surface area contributed by atoms with E-state index in [1.54, 1.807) is 44.7 Å². The number of ether oxygens (including phenoxy) is 3. The molecule has 0 spiro atoms. The molecule has 7 amide bonds. The number of hydrogen-bond donors (Lipinski definition) is 3. The van der Waals surface area contributed by atoms with Crippen LogP contribution in [0.2, 0.25) is 0 Å². The van der Waals surface area contributed by atoms with Gasteiger partial charge >= 0.3 is 5.97 Å². The lowest BCUT2D eigenvalue weighted by Gasteiger charge is -2.41. The van der Waals surface area contributed by atoms with Gasteiger partial charge in [-0.1, -0.05) is 65.7 Å². The summed E-state index contributed by atoms with van der Waals surface area (Å²) in [5.41, 5.74) is 0.424. The number of methoxy groups -OCH3 is 3. The van der Waals surface area contributed by atoms with E-state index in [9.17, 15) is 38.4 Å². The lowest BCUT2D eigenvalue weighted by Crippen LogP contribution is -2.62. The molecule has 3 heterocycles. The molecule has 3 N–H and O–H groups in total. The van der Waals surface area contributed by atoms with Gasteiger partial charge < -0.3 is 44.5 Å². The first-order valence-electron chi connectivity index (χ1n) is 24.3. The predicted octanol–water partition coefficient (Wildman–Crippen LogP) is 4.15. The van der Waals surface area contributed by atoms with E-state index >= 15 is 0 Å². The van der Waals surface area contributed by atoms with Crippen LogP contribution in [0.3, 0.4) is 0 Å². The Kier molecular flexibility index (Phi) is 20.5. The molecule has 18 heteroatoms. The van der Waals surface area contributed by atoms with Gasteiger partial charge in [-0.2, -0.15) is 0 Å². The Morgan fingerprint density at radius 1 is 0.913 bits per heavy atom. The molecule has 8 atom stereocenters.